The zero-order valence-corrected chi connectivity index (χ0v) is 10.1. The van der Waals surface area contributed by atoms with Gasteiger partial charge in [-0.3, -0.25) is 0 Å². The van der Waals surface area contributed by atoms with Gasteiger partial charge in [-0.2, -0.15) is 0 Å². The third kappa shape index (κ3) is 4.34. The second-order valence-corrected chi connectivity index (χ2v) is 3.92. The largest absolute Gasteiger partial charge is 0.243 e. The van der Waals surface area contributed by atoms with Gasteiger partial charge in [-0.05, 0) is 39.5 Å². The lowest BCUT2D eigenvalue weighted by atomic mass is 10.2. The van der Waals surface area contributed by atoms with Crippen LogP contribution in [0.25, 0.3) is 16.5 Å². The van der Waals surface area contributed by atoms with Crippen molar-refractivity contribution in [3.63, 3.8) is 0 Å². The molecular weight excluding hydrogens is 279 g/mol. The molecule has 1 aromatic heterocycles. The van der Waals surface area contributed by atoms with Gasteiger partial charge in [0.25, 0.3) is 0 Å². The first-order valence-corrected chi connectivity index (χ1v) is 5.39. The van der Waals surface area contributed by atoms with Crippen LogP contribution in [0, 0.1) is 0 Å². The van der Waals surface area contributed by atoms with Crippen molar-refractivity contribution in [2.75, 3.05) is 6.54 Å². The van der Waals surface area contributed by atoms with Gasteiger partial charge in [0.1, 0.15) is 5.15 Å². The zero-order valence-electron chi connectivity index (χ0n) is 7.77. The molecule has 0 fully saturated rings. The predicted octanol–water partition coefficient (Wildman–Crippen LogP) is 4.21. The molecule has 0 saturated carbocycles. The molecule has 0 amide bonds. The molecule has 0 N–H and O–H groups in total. The highest BCUT2D eigenvalue weighted by molar-refractivity contribution is 9.10. The highest BCUT2D eigenvalue weighted by Crippen LogP contribution is 2.20. The highest BCUT2D eigenvalue weighted by Gasteiger charge is 1.97. The molecule has 4 nitrogen and oxygen atoms in total. The van der Waals surface area contributed by atoms with Crippen LogP contribution in [0.1, 0.15) is 12.0 Å². The summed E-state index contributed by atoms with van der Waals surface area (Å²) in [6.07, 6.45) is 6.18. The van der Waals surface area contributed by atoms with E-state index in [4.69, 9.17) is 17.1 Å². The Bertz CT molecular complexity index is 413. The van der Waals surface area contributed by atoms with Crippen LogP contribution >= 0.6 is 27.5 Å². The molecular formula is C9H8BrClN4. The minimum atomic E-state index is 0.452. The van der Waals surface area contributed by atoms with E-state index in [0.29, 0.717) is 18.1 Å². The van der Waals surface area contributed by atoms with Gasteiger partial charge < -0.3 is 0 Å². The molecule has 0 saturated heterocycles. The number of halogens is 2. The molecule has 0 aliphatic heterocycles. The van der Waals surface area contributed by atoms with Crippen LogP contribution in [-0.2, 0) is 0 Å². The number of nitrogens with zero attached hydrogens (tertiary/aromatic N) is 4. The van der Waals surface area contributed by atoms with E-state index in [-0.39, 0.29) is 0 Å². The van der Waals surface area contributed by atoms with E-state index in [1.807, 2.05) is 12.2 Å². The molecule has 0 aliphatic rings. The highest BCUT2D eigenvalue weighted by atomic mass is 79.9. The molecule has 78 valence electrons. The van der Waals surface area contributed by atoms with Crippen molar-refractivity contribution in [2.24, 2.45) is 5.11 Å². The van der Waals surface area contributed by atoms with Gasteiger partial charge in [0, 0.05) is 22.1 Å². The van der Waals surface area contributed by atoms with E-state index in [9.17, 15) is 0 Å². The van der Waals surface area contributed by atoms with Crippen molar-refractivity contribution in [1.82, 2.24) is 4.98 Å². The first-order valence-electron chi connectivity index (χ1n) is 4.22. The van der Waals surface area contributed by atoms with Crippen molar-refractivity contribution in [3.8, 4) is 0 Å². The molecule has 0 unspecified atom stereocenters. The van der Waals surface area contributed by atoms with E-state index < -0.39 is 0 Å². The fraction of sp³-hybridized carbons (Fsp3) is 0.222. The minimum Gasteiger partial charge on any atom is -0.243 e. The number of azide groups is 1. The Balaban J connectivity index is 2.63. The summed E-state index contributed by atoms with van der Waals surface area (Å²) in [4.78, 5) is 6.58. The molecule has 0 spiro atoms. The summed E-state index contributed by atoms with van der Waals surface area (Å²) in [5.74, 6) is 0. The Morgan fingerprint density at radius 3 is 3.20 bits per heavy atom. The maximum Gasteiger partial charge on any atom is 0.129 e. The van der Waals surface area contributed by atoms with Crippen molar-refractivity contribution < 1.29 is 0 Å². The maximum absolute atomic E-state index is 8.06. The van der Waals surface area contributed by atoms with Gasteiger partial charge in [-0.15, -0.1) is 0 Å². The van der Waals surface area contributed by atoms with Crippen LogP contribution in [-0.4, -0.2) is 11.5 Å². The van der Waals surface area contributed by atoms with Crippen LogP contribution in [0.4, 0.5) is 0 Å². The van der Waals surface area contributed by atoms with E-state index in [2.05, 4.69) is 30.9 Å². The third-order valence-electron chi connectivity index (χ3n) is 1.61. The van der Waals surface area contributed by atoms with Gasteiger partial charge in [0.2, 0.25) is 0 Å². The molecule has 15 heavy (non-hydrogen) atoms. The van der Waals surface area contributed by atoms with E-state index in [1.165, 1.54) is 0 Å². The molecule has 0 aliphatic carbocycles. The van der Waals surface area contributed by atoms with Crippen LogP contribution in [0.15, 0.2) is 27.9 Å². The Labute approximate surface area is 101 Å². The van der Waals surface area contributed by atoms with Crippen molar-refractivity contribution in [2.45, 2.75) is 6.42 Å². The Morgan fingerprint density at radius 1 is 1.67 bits per heavy atom. The molecule has 6 heteroatoms. The van der Waals surface area contributed by atoms with Crippen LogP contribution < -0.4 is 0 Å². The summed E-state index contributed by atoms with van der Waals surface area (Å²) in [6.45, 7) is 0.462. The topological polar surface area (TPSA) is 61.7 Å². The monoisotopic (exact) mass is 286 g/mol. The van der Waals surface area contributed by atoms with Crippen LogP contribution in [0.2, 0.25) is 5.15 Å². The number of aromatic nitrogens is 1. The molecule has 0 radical (unpaired) electrons. The van der Waals surface area contributed by atoms with Gasteiger partial charge in [-0.1, -0.05) is 28.9 Å². The quantitative estimate of drug-likeness (QED) is 0.269. The smallest absolute Gasteiger partial charge is 0.129 e. The molecule has 0 atom stereocenters. The van der Waals surface area contributed by atoms with E-state index in [1.54, 1.807) is 12.3 Å². The van der Waals surface area contributed by atoms with Crippen LogP contribution in [0.3, 0.4) is 0 Å². The first-order chi connectivity index (χ1) is 7.24. The predicted molar refractivity (Wildman–Crippen MR) is 64.6 cm³/mol. The molecule has 0 aromatic carbocycles. The SMILES string of the molecule is [N-]=[N+]=NCCC=Cc1cc(Cl)ncc1Br. The maximum atomic E-state index is 8.06. The van der Waals surface area contributed by atoms with Gasteiger partial charge in [-0.25, -0.2) is 4.98 Å². The summed E-state index contributed by atoms with van der Waals surface area (Å²) in [6, 6.07) is 1.76. The lowest BCUT2D eigenvalue weighted by molar-refractivity contribution is 0.995. The van der Waals surface area contributed by atoms with E-state index >= 15 is 0 Å². The summed E-state index contributed by atoms with van der Waals surface area (Å²) in [5, 5.41) is 3.87. The van der Waals surface area contributed by atoms with Gasteiger partial charge in [0.15, 0.2) is 0 Å². The lowest BCUT2D eigenvalue weighted by Crippen LogP contribution is -1.80. The summed E-state index contributed by atoms with van der Waals surface area (Å²) < 4.78 is 0.881. The molecule has 1 heterocycles. The standard InChI is InChI=1S/C9H8BrClN4/c10-8-6-13-9(11)5-7(8)3-1-2-4-14-15-12/h1,3,5-6H,2,4H2. The number of pyridine rings is 1. The summed E-state index contributed by atoms with van der Waals surface area (Å²) in [5.41, 5.74) is 9.02. The average molecular weight is 288 g/mol. The van der Waals surface area contributed by atoms with Gasteiger partial charge >= 0.3 is 0 Å². The number of rotatable bonds is 4. The number of hydrogen-bond acceptors (Lipinski definition) is 2. The number of hydrogen-bond donors (Lipinski definition) is 0. The third-order valence-corrected chi connectivity index (χ3v) is 2.48. The summed E-state index contributed by atoms with van der Waals surface area (Å²) >= 11 is 9.11. The van der Waals surface area contributed by atoms with Crippen molar-refractivity contribution in [1.29, 1.82) is 0 Å². The Morgan fingerprint density at radius 2 is 2.47 bits per heavy atom. The lowest BCUT2D eigenvalue weighted by Gasteiger charge is -1.97. The molecule has 0 bridgehead atoms. The zero-order chi connectivity index (χ0) is 11.1. The van der Waals surface area contributed by atoms with Gasteiger partial charge in [0.05, 0.1) is 0 Å². The Kier molecular flexibility index (Phi) is 5.18. The average Bonchev–Trinajstić information content (AvgIpc) is 2.23. The molecule has 1 rings (SSSR count). The van der Waals surface area contributed by atoms with Crippen molar-refractivity contribution >= 4 is 33.6 Å². The van der Waals surface area contributed by atoms with E-state index in [0.717, 1.165) is 10.0 Å². The second-order valence-electron chi connectivity index (χ2n) is 2.67. The normalized spacial score (nSPS) is 10.3. The molecule has 1 aromatic rings. The second kappa shape index (κ2) is 6.45. The minimum absolute atomic E-state index is 0.452. The fourth-order valence-electron chi connectivity index (χ4n) is 0.942. The fourth-order valence-corrected chi connectivity index (χ4v) is 1.46. The van der Waals surface area contributed by atoms with Crippen molar-refractivity contribution in [3.05, 3.63) is 44.0 Å². The Hall–Kier alpha value is -1.03. The first kappa shape index (κ1) is 12.0. The summed E-state index contributed by atoms with van der Waals surface area (Å²) in [7, 11) is 0. The van der Waals surface area contributed by atoms with Crippen LogP contribution in [0.5, 0.6) is 0 Å².